The summed E-state index contributed by atoms with van der Waals surface area (Å²) in [6, 6.07) is 23.7. The average molecular weight is 643 g/mol. The van der Waals surface area contributed by atoms with E-state index < -0.39 is 0 Å². The SMILES string of the molecule is COc1ccc2nc3cc(Cl)ccc3c(NCCCCNCCCCNc3c4ccc(Cl)cc4nc4ccc(OC)cc34)c2c1. The molecule has 232 valence electrons. The van der Waals surface area contributed by atoms with Gasteiger partial charge in [0.25, 0.3) is 0 Å². The van der Waals surface area contributed by atoms with Gasteiger partial charge in [0.05, 0.1) is 47.7 Å². The van der Waals surface area contributed by atoms with Gasteiger partial charge in [0, 0.05) is 44.7 Å². The van der Waals surface area contributed by atoms with Crippen molar-refractivity contribution < 1.29 is 9.47 Å². The van der Waals surface area contributed by atoms with Gasteiger partial charge in [-0.15, -0.1) is 0 Å². The predicted molar refractivity (Wildman–Crippen MR) is 190 cm³/mol. The van der Waals surface area contributed by atoms with Crippen LogP contribution < -0.4 is 25.4 Å². The van der Waals surface area contributed by atoms with E-state index in [4.69, 9.17) is 42.6 Å². The Labute approximate surface area is 273 Å². The molecule has 0 aliphatic carbocycles. The highest BCUT2D eigenvalue weighted by molar-refractivity contribution is 6.32. The summed E-state index contributed by atoms with van der Waals surface area (Å²) in [6.45, 7) is 3.69. The molecule has 0 aliphatic heterocycles. The lowest BCUT2D eigenvalue weighted by Gasteiger charge is -2.15. The van der Waals surface area contributed by atoms with Crippen molar-refractivity contribution in [2.45, 2.75) is 25.7 Å². The van der Waals surface area contributed by atoms with Crippen molar-refractivity contribution in [2.75, 3.05) is 51.0 Å². The minimum Gasteiger partial charge on any atom is -0.497 e. The van der Waals surface area contributed by atoms with E-state index in [1.54, 1.807) is 14.2 Å². The van der Waals surface area contributed by atoms with Gasteiger partial charge in [-0.25, -0.2) is 9.97 Å². The van der Waals surface area contributed by atoms with Crippen molar-refractivity contribution in [1.82, 2.24) is 15.3 Å². The molecule has 0 fully saturated rings. The quantitative estimate of drug-likeness (QED) is 0.0808. The number of nitrogens with one attached hydrogen (secondary N) is 3. The number of halogens is 2. The lowest BCUT2D eigenvalue weighted by molar-refractivity contribution is 0.415. The third-order valence-electron chi connectivity index (χ3n) is 8.05. The van der Waals surface area contributed by atoms with Crippen molar-refractivity contribution in [1.29, 1.82) is 0 Å². The van der Waals surface area contributed by atoms with Crippen LogP contribution in [0.3, 0.4) is 0 Å². The Hall–Kier alpha value is -4.04. The van der Waals surface area contributed by atoms with Crippen LogP contribution >= 0.6 is 23.2 Å². The van der Waals surface area contributed by atoms with E-state index in [0.717, 1.165) is 118 Å². The largest absolute Gasteiger partial charge is 0.497 e. The fourth-order valence-electron chi connectivity index (χ4n) is 5.73. The van der Waals surface area contributed by atoms with E-state index in [-0.39, 0.29) is 0 Å². The van der Waals surface area contributed by atoms with Crippen molar-refractivity contribution in [3.05, 3.63) is 82.8 Å². The number of hydrogen-bond acceptors (Lipinski definition) is 7. The molecule has 9 heteroatoms. The standard InChI is InChI=1S/C36H37Cl2N5O2/c1-44-25-9-13-31-29(21-25)35(27-11-7-23(37)19-33(27)42-31)40-17-5-3-15-39-16-4-6-18-41-36-28-12-8-24(38)20-34(28)43-32-14-10-26(45-2)22-30(32)36/h7-14,19-22,39H,3-6,15-18H2,1-2H3,(H,40,42)(H,41,43). The molecule has 0 aliphatic rings. The Kier molecular flexibility index (Phi) is 9.89. The van der Waals surface area contributed by atoms with Gasteiger partial charge < -0.3 is 25.4 Å². The number of pyridine rings is 2. The second-order valence-electron chi connectivity index (χ2n) is 11.1. The van der Waals surface area contributed by atoms with Gasteiger partial charge in [0.2, 0.25) is 0 Å². The summed E-state index contributed by atoms with van der Waals surface area (Å²) in [4.78, 5) is 9.64. The minimum atomic E-state index is 0.682. The number of rotatable bonds is 14. The smallest absolute Gasteiger partial charge is 0.119 e. The molecule has 0 unspecified atom stereocenters. The van der Waals surface area contributed by atoms with Gasteiger partial charge >= 0.3 is 0 Å². The van der Waals surface area contributed by atoms with Gasteiger partial charge in [0.15, 0.2) is 0 Å². The molecule has 2 aromatic heterocycles. The lowest BCUT2D eigenvalue weighted by Crippen LogP contribution is -2.18. The molecule has 0 saturated carbocycles. The van der Waals surface area contributed by atoms with Crippen LogP contribution in [0.1, 0.15) is 25.7 Å². The molecule has 6 rings (SSSR count). The molecule has 0 radical (unpaired) electrons. The fourth-order valence-corrected chi connectivity index (χ4v) is 6.06. The number of nitrogens with zero attached hydrogens (tertiary/aromatic N) is 2. The maximum absolute atomic E-state index is 6.27. The molecular weight excluding hydrogens is 605 g/mol. The van der Waals surface area contributed by atoms with E-state index in [9.17, 15) is 0 Å². The molecule has 0 saturated heterocycles. The highest BCUT2D eigenvalue weighted by Gasteiger charge is 2.12. The summed E-state index contributed by atoms with van der Waals surface area (Å²) in [5.41, 5.74) is 5.74. The summed E-state index contributed by atoms with van der Waals surface area (Å²) in [5, 5.41) is 16.5. The van der Waals surface area contributed by atoms with E-state index in [1.165, 1.54) is 0 Å². The predicted octanol–water partition coefficient (Wildman–Crippen LogP) is 9.09. The lowest BCUT2D eigenvalue weighted by atomic mass is 10.1. The first-order valence-corrected chi connectivity index (χ1v) is 16.1. The first kappa shape index (κ1) is 31.0. The Balaban J connectivity index is 0.974. The first-order chi connectivity index (χ1) is 22.0. The molecule has 2 heterocycles. The zero-order chi connectivity index (χ0) is 31.2. The van der Waals surface area contributed by atoms with E-state index in [2.05, 4.69) is 16.0 Å². The van der Waals surface area contributed by atoms with Gasteiger partial charge in [0.1, 0.15) is 11.5 Å². The highest BCUT2D eigenvalue weighted by Crippen LogP contribution is 2.35. The Morgan fingerprint density at radius 1 is 0.511 bits per heavy atom. The molecule has 0 spiro atoms. The average Bonchev–Trinajstić information content (AvgIpc) is 3.05. The zero-order valence-corrected chi connectivity index (χ0v) is 27.1. The van der Waals surface area contributed by atoms with Gasteiger partial charge in [-0.2, -0.15) is 0 Å². The van der Waals surface area contributed by atoms with Gasteiger partial charge in [-0.05, 0) is 112 Å². The number of ether oxygens (including phenoxy) is 2. The van der Waals surface area contributed by atoms with Crippen molar-refractivity contribution in [2.24, 2.45) is 0 Å². The molecule has 3 N–H and O–H groups in total. The summed E-state index contributed by atoms with van der Waals surface area (Å²) in [7, 11) is 3.37. The Morgan fingerprint density at radius 2 is 0.956 bits per heavy atom. The maximum Gasteiger partial charge on any atom is 0.119 e. The topological polar surface area (TPSA) is 80.3 Å². The molecule has 7 nitrogen and oxygen atoms in total. The number of aromatic nitrogens is 2. The third kappa shape index (κ3) is 7.12. The summed E-state index contributed by atoms with van der Waals surface area (Å²) in [6.07, 6.45) is 4.27. The second kappa shape index (κ2) is 14.4. The molecular formula is C36H37Cl2N5O2. The maximum atomic E-state index is 6.27. The van der Waals surface area contributed by atoms with Gasteiger partial charge in [-0.3, -0.25) is 0 Å². The van der Waals surface area contributed by atoms with Crippen LogP contribution in [0.25, 0.3) is 43.6 Å². The van der Waals surface area contributed by atoms with Crippen LogP contribution in [0, 0.1) is 0 Å². The second-order valence-corrected chi connectivity index (χ2v) is 12.0. The highest BCUT2D eigenvalue weighted by atomic mass is 35.5. The molecule has 0 atom stereocenters. The Bertz CT molecular complexity index is 1830. The number of methoxy groups -OCH3 is 2. The monoisotopic (exact) mass is 641 g/mol. The molecule has 0 amide bonds. The van der Waals surface area contributed by atoms with Crippen LogP contribution in [0.4, 0.5) is 11.4 Å². The first-order valence-electron chi connectivity index (χ1n) is 15.4. The molecule has 6 aromatic rings. The van der Waals surface area contributed by atoms with Crippen LogP contribution in [0.5, 0.6) is 11.5 Å². The minimum absolute atomic E-state index is 0.682. The number of anilines is 2. The number of hydrogen-bond donors (Lipinski definition) is 3. The van der Waals surface area contributed by atoms with E-state index >= 15 is 0 Å². The van der Waals surface area contributed by atoms with Crippen LogP contribution in [0.15, 0.2) is 72.8 Å². The van der Waals surface area contributed by atoms with E-state index in [1.807, 2.05) is 72.8 Å². The van der Waals surface area contributed by atoms with E-state index in [0.29, 0.717) is 10.0 Å². The molecule has 4 aromatic carbocycles. The van der Waals surface area contributed by atoms with Crippen molar-refractivity contribution in [3.63, 3.8) is 0 Å². The Morgan fingerprint density at radius 3 is 1.40 bits per heavy atom. The fraction of sp³-hybridized carbons (Fsp3) is 0.278. The normalized spacial score (nSPS) is 11.5. The number of fused-ring (bicyclic) bond motifs is 4. The number of unbranched alkanes of at least 4 members (excludes halogenated alkanes) is 2. The number of benzene rings is 4. The molecule has 0 bridgehead atoms. The van der Waals surface area contributed by atoms with Crippen LogP contribution in [-0.4, -0.2) is 50.4 Å². The summed E-state index contributed by atoms with van der Waals surface area (Å²) in [5.74, 6) is 1.63. The van der Waals surface area contributed by atoms with Gasteiger partial charge in [-0.1, -0.05) is 23.2 Å². The third-order valence-corrected chi connectivity index (χ3v) is 8.52. The van der Waals surface area contributed by atoms with Crippen LogP contribution in [0.2, 0.25) is 10.0 Å². The zero-order valence-electron chi connectivity index (χ0n) is 25.6. The van der Waals surface area contributed by atoms with Crippen molar-refractivity contribution in [3.8, 4) is 11.5 Å². The molecule has 45 heavy (non-hydrogen) atoms. The summed E-state index contributed by atoms with van der Waals surface area (Å²) >= 11 is 12.5. The van der Waals surface area contributed by atoms with Crippen molar-refractivity contribution >= 4 is 78.2 Å². The van der Waals surface area contributed by atoms with Crippen LogP contribution in [-0.2, 0) is 0 Å². The summed E-state index contributed by atoms with van der Waals surface area (Å²) < 4.78 is 11.0.